The molecule has 1 atom stereocenters. The van der Waals surface area contributed by atoms with Crippen LogP contribution in [0.1, 0.15) is 31.9 Å². The number of amides is 1. The van der Waals surface area contributed by atoms with Crippen LogP contribution in [0.2, 0.25) is 0 Å². The minimum atomic E-state index is -0.651. The number of carbonyl (C=O) groups excluding carboxylic acids is 1. The summed E-state index contributed by atoms with van der Waals surface area (Å²) in [6.45, 7) is 3.09. The van der Waals surface area contributed by atoms with Crippen LogP contribution in [-0.4, -0.2) is 40.1 Å². The van der Waals surface area contributed by atoms with Crippen LogP contribution in [0.4, 0.5) is 0 Å². The van der Waals surface area contributed by atoms with Gasteiger partial charge >= 0.3 is 0 Å². The zero-order chi connectivity index (χ0) is 12.1. The Morgan fingerprint density at radius 1 is 1.65 bits per heavy atom. The summed E-state index contributed by atoms with van der Waals surface area (Å²) in [5.74, 6) is -0.0271. The van der Waals surface area contributed by atoms with Gasteiger partial charge in [0, 0.05) is 19.6 Å². The smallest absolute Gasteiger partial charge is 0.251 e. The maximum atomic E-state index is 12.0. The summed E-state index contributed by atoms with van der Waals surface area (Å²) in [5, 5.41) is 13.1. The molecule has 2 N–H and O–H groups in total. The highest BCUT2D eigenvalue weighted by atomic mass is 16.5. The normalized spacial score (nSPS) is 24.5. The average molecular weight is 238 g/mol. The summed E-state index contributed by atoms with van der Waals surface area (Å²) in [5.41, 5.74) is 0.197. The lowest BCUT2D eigenvalue weighted by Gasteiger charge is -2.32. The molecule has 1 aromatic rings. The Morgan fingerprint density at radius 3 is 3.18 bits per heavy atom. The summed E-state index contributed by atoms with van der Waals surface area (Å²) in [4.78, 5) is 12.0. The predicted octanol–water partition coefficient (Wildman–Crippen LogP) is 0.423. The first-order valence-electron chi connectivity index (χ1n) is 5.98. The zero-order valence-corrected chi connectivity index (χ0v) is 10.0. The minimum absolute atomic E-state index is 0.0271. The molecular formula is C11H18N4O2. The van der Waals surface area contributed by atoms with Gasteiger partial charge in [0.15, 0.2) is 0 Å². The topological polar surface area (TPSA) is 79.9 Å². The Bertz CT molecular complexity index is 358. The van der Waals surface area contributed by atoms with Gasteiger partial charge in [-0.25, -0.2) is 0 Å². The number of nitrogens with one attached hydrogen (secondary N) is 2. The lowest BCUT2D eigenvalue weighted by Crippen LogP contribution is -2.48. The third kappa shape index (κ3) is 3.03. The van der Waals surface area contributed by atoms with Crippen LogP contribution in [0.3, 0.4) is 0 Å². The van der Waals surface area contributed by atoms with Crippen molar-refractivity contribution in [3.8, 4) is 0 Å². The highest BCUT2D eigenvalue weighted by molar-refractivity contribution is 5.84. The van der Waals surface area contributed by atoms with Crippen molar-refractivity contribution in [2.24, 2.45) is 0 Å². The second-order valence-corrected chi connectivity index (χ2v) is 4.50. The standard InChI is InChI=1S/C11H18N4O2/c1-11(5-2-3-7-17-11)10(16)12-6-4-9-8-13-15-14-9/h8H,2-7H2,1H3,(H,12,16)(H,13,14,15). The fraction of sp³-hybridized carbons (Fsp3) is 0.727. The lowest BCUT2D eigenvalue weighted by atomic mass is 9.95. The molecule has 2 rings (SSSR count). The Kier molecular flexibility index (Phi) is 3.73. The van der Waals surface area contributed by atoms with Crippen LogP contribution < -0.4 is 5.32 Å². The quantitative estimate of drug-likeness (QED) is 0.796. The molecule has 0 aromatic carbocycles. The Hall–Kier alpha value is -1.43. The van der Waals surface area contributed by atoms with Crippen LogP contribution in [0.25, 0.3) is 0 Å². The Balaban J connectivity index is 1.76. The third-order valence-corrected chi connectivity index (χ3v) is 3.08. The maximum Gasteiger partial charge on any atom is 0.251 e. The van der Waals surface area contributed by atoms with Crippen LogP contribution >= 0.6 is 0 Å². The molecule has 17 heavy (non-hydrogen) atoms. The Morgan fingerprint density at radius 2 is 2.53 bits per heavy atom. The molecule has 0 radical (unpaired) electrons. The molecule has 2 heterocycles. The first-order chi connectivity index (χ1) is 8.21. The van der Waals surface area contributed by atoms with Gasteiger partial charge in [0.05, 0.1) is 11.9 Å². The van der Waals surface area contributed by atoms with Gasteiger partial charge in [0.1, 0.15) is 5.60 Å². The molecule has 0 aliphatic carbocycles. The molecule has 0 bridgehead atoms. The monoisotopic (exact) mass is 238 g/mol. The highest BCUT2D eigenvalue weighted by Gasteiger charge is 2.35. The van der Waals surface area contributed by atoms with Gasteiger partial charge in [-0.2, -0.15) is 15.4 Å². The van der Waals surface area contributed by atoms with E-state index >= 15 is 0 Å². The van der Waals surface area contributed by atoms with E-state index in [9.17, 15) is 4.79 Å². The van der Waals surface area contributed by atoms with Crippen LogP contribution in [-0.2, 0) is 16.0 Å². The predicted molar refractivity (Wildman–Crippen MR) is 61.3 cm³/mol. The van der Waals surface area contributed by atoms with Crippen molar-refractivity contribution in [2.75, 3.05) is 13.2 Å². The van der Waals surface area contributed by atoms with Crippen molar-refractivity contribution >= 4 is 5.91 Å². The molecule has 0 saturated carbocycles. The highest BCUT2D eigenvalue weighted by Crippen LogP contribution is 2.24. The summed E-state index contributed by atoms with van der Waals surface area (Å²) >= 11 is 0. The van der Waals surface area contributed by atoms with Crippen LogP contribution in [0.15, 0.2) is 6.20 Å². The summed E-state index contributed by atoms with van der Waals surface area (Å²) < 4.78 is 5.57. The fourth-order valence-corrected chi connectivity index (χ4v) is 1.95. The maximum absolute atomic E-state index is 12.0. The van der Waals surface area contributed by atoms with Crippen molar-refractivity contribution in [1.29, 1.82) is 0 Å². The SMILES string of the molecule is CC1(C(=O)NCCc2cn[nH]n2)CCCCO1. The van der Waals surface area contributed by atoms with Crippen LogP contribution in [0.5, 0.6) is 0 Å². The molecule has 1 amide bonds. The molecule has 1 aliphatic rings. The number of hydrogen-bond donors (Lipinski definition) is 2. The summed E-state index contributed by atoms with van der Waals surface area (Å²) in [6.07, 6.45) is 5.22. The van der Waals surface area contributed by atoms with Crippen LogP contribution in [0, 0.1) is 0 Å². The van der Waals surface area contributed by atoms with Gasteiger partial charge < -0.3 is 10.1 Å². The molecular weight excluding hydrogens is 220 g/mol. The van der Waals surface area contributed by atoms with E-state index in [1.807, 2.05) is 6.92 Å². The van der Waals surface area contributed by atoms with Crippen molar-refractivity contribution in [1.82, 2.24) is 20.7 Å². The zero-order valence-electron chi connectivity index (χ0n) is 10.0. The van der Waals surface area contributed by atoms with Crippen molar-refractivity contribution in [3.05, 3.63) is 11.9 Å². The number of ether oxygens (including phenoxy) is 1. The van der Waals surface area contributed by atoms with E-state index in [0.717, 1.165) is 25.0 Å². The van der Waals surface area contributed by atoms with E-state index in [4.69, 9.17) is 4.74 Å². The van der Waals surface area contributed by atoms with Gasteiger partial charge in [0.2, 0.25) is 0 Å². The number of aromatic nitrogens is 3. The lowest BCUT2D eigenvalue weighted by molar-refractivity contribution is -0.150. The van der Waals surface area contributed by atoms with Gasteiger partial charge in [-0.3, -0.25) is 4.79 Å². The molecule has 1 aromatic heterocycles. The van der Waals surface area contributed by atoms with E-state index in [0.29, 0.717) is 19.6 Å². The molecule has 1 saturated heterocycles. The van der Waals surface area contributed by atoms with Gasteiger partial charge in [-0.15, -0.1) is 0 Å². The Labute approximate surface area is 100 Å². The average Bonchev–Trinajstić information content (AvgIpc) is 2.83. The van der Waals surface area contributed by atoms with E-state index in [2.05, 4.69) is 20.7 Å². The third-order valence-electron chi connectivity index (χ3n) is 3.08. The first kappa shape index (κ1) is 12.0. The number of H-pyrrole nitrogens is 1. The van der Waals surface area contributed by atoms with E-state index in [1.165, 1.54) is 0 Å². The van der Waals surface area contributed by atoms with E-state index < -0.39 is 5.60 Å². The molecule has 94 valence electrons. The summed E-state index contributed by atoms with van der Waals surface area (Å²) in [7, 11) is 0. The van der Waals surface area contributed by atoms with Crippen molar-refractivity contribution < 1.29 is 9.53 Å². The van der Waals surface area contributed by atoms with E-state index in [-0.39, 0.29) is 5.91 Å². The second kappa shape index (κ2) is 5.27. The summed E-state index contributed by atoms with van der Waals surface area (Å²) in [6, 6.07) is 0. The first-order valence-corrected chi connectivity index (χ1v) is 5.98. The van der Waals surface area contributed by atoms with E-state index in [1.54, 1.807) is 6.20 Å². The number of carbonyl (C=O) groups is 1. The number of nitrogens with zero attached hydrogens (tertiary/aromatic N) is 2. The van der Waals surface area contributed by atoms with Gasteiger partial charge in [-0.1, -0.05) is 0 Å². The molecule has 1 unspecified atom stereocenters. The number of hydrogen-bond acceptors (Lipinski definition) is 4. The van der Waals surface area contributed by atoms with Gasteiger partial charge in [0.25, 0.3) is 5.91 Å². The molecule has 6 nitrogen and oxygen atoms in total. The molecule has 6 heteroatoms. The molecule has 1 aliphatic heterocycles. The number of aromatic amines is 1. The fourth-order valence-electron chi connectivity index (χ4n) is 1.95. The van der Waals surface area contributed by atoms with Crippen molar-refractivity contribution in [3.63, 3.8) is 0 Å². The minimum Gasteiger partial charge on any atom is -0.365 e. The largest absolute Gasteiger partial charge is 0.365 e. The molecule has 1 fully saturated rings. The van der Waals surface area contributed by atoms with Gasteiger partial charge in [-0.05, 0) is 26.2 Å². The number of rotatable bonds is 4. The molecule has 0 spiro atoms. The second-order valence-electron chi connectivity index (χ2n) is 4.50. The van der Waals surface area contributed by atoms with Crippen molar-refractivity contribution in [2.45, 2.75) is 38.2 Å².